The van der Waals surface area contributed by atoms with Crippen molar-refractivity contribution in [1.82, 2.24) is 9.55 Å². The van der Waals surface area contributed by atoms with Crippen LogP contribution in [0.2, 0.25) is 0 Å². The third kappa shape index (κ3) is 5.53. The van der Waals surface area contributed by atoms with Gasteiger partial charge in [-0.1, -0.05) is 19.8 Å². The second-order valence-electron chi connectivity index (χ2n) is 6.84. The zero-order valence-electron chi connectivity index (χ0n) is 16.5. The monoisotopic (exact) mass is 367 g/mol. The molecule has 3 unspecified atom stereocenters. The predicted octanol–water partition coefficient (Wildman–Crippen LogP) is 2.88. The van der Waals surface area contributed by atoms with Crippen molar-refractivity contribution in [3.05, 3.63) is 22.2 Å². The highest BCUT2D eigenvalue weighted by Crippen LogP contribution is 2.31. The molecule has 0 bridgehead atoms. The van der Waals surface area contributed by atoms with Crippen LogP contribution in [0.1, 0.15) is 57.2 Å². The van der Waals surface area contributed by atoms with E-state index in [-0.39, 0.29) is 24.1 Å². The number of nitrogens with one attached hydrogen (secondary N) is 1. The van der Waals surface area contributed by atoms with Gasteiger partial charge in [0, 0.05) is 45.6 Å². The molecule has 0 saturated carbocycles. The maximum Gasteiger partial charge on any atom is 0.351 e. The first kappa shape index (κ1) is 20.9. The van der Waals surface area contributed by atoms with Crippen LogP contribution in [0.3, 0.4) is 0 Å². The third-order valence-electron chi connectivity index (χ3n) is 4.90. The number of anilines is 1. The topological polar surface area (TPSA) is 74.6 Å². The molecule has 1 aromatic heterocycles. The molecule has 7 heteroatoms. The van der Waals surface area contributed by atoms with Gasteiger partial charge >= 0.3 is 5.69 Å². The zero-order valence-corrected chi connectivity index (χ0v) is 16.5. The normalized spacial score (nSPS) is 22.7. The summed E-state index contributed by atoms with van der Waals surface area (Å²) in [6.45, 7) is 5.66. The Labute approximate surface area is 156 Å². The van der Waals surface area contributed by atoms with Gasteiger partial charge < -0.3 is 19.5 Å². The summed E-state index contributed by atoms with van der Waals surface area (Å²) in [5.41, 5.74) is 0.663. The van der Waals surface area contributed by atoms with Gasteiger partial charge in [0.05, 0.1) is 12.2 Å². The van der Waals surface area contributed by atoms with Crippen LogP contribution in [-0.2, 0) is 14.2 Å². The lowest BCUT2D eigenvalue weighted by Gasteiger charge is -2.17. The summed E-state index contributed by atoms with van der Waals surface area (Å²) in [6.07, 6.45) is 7.54. The van der Waals surface area contributed by atoms with Crippen molar-refractivity contribution in [2.75, 3.05) is 32.7 Å². The van der Waals surface area contributed by atoms with Crippen LogP contribution in [-0.4, -0.2) is 49.1 Å². The van der Waals surface area contributed by atoms with Gasteiger partial charge in [0.25, 0.3) is 0 Å². The van der Waals surface area contributed by atoms with Crippen molar-refractivity contribution >= 4 is 5.82 Å². The molecule has 0 amide bonds. The number of nitrogens with zero attached hydrogens (tertiary/aromatic N) is 2. The van der Waals surface area contributed by atoms with E-state index < -0.39 is 0 Å². The molecule has 1 N–H and O–H groups in total. The van der Waals surface area contributed by atoms with Crippen LogP contribution in [0.4, 0.5) is 5.82 Å². The van der Waals surface area contributed by atoms with Crippen molar-refractivity contribution in [2.45, 2.75) is 70.8 Å². The van der Waals surface area contributed by atoms with Crippen LogP contribution in [0.5, 0.6) is 0 Å². The number of rotatable bonds is 11. The van der Waals surface area contributed by atoms with Gasteiger partial charge in [-0.05, 0) is 26.2 Å². The van der Waals surface area contributed by atoms with Crippen LogP contribution >= 0.6 is 0 Å². The quantitative estimate of drug-likeness (QED) is 0.606. The van der Waals surface area contributed by atoms with Gasteiger partial charge in [-0.3, -0.25) is 4.57 Å². The third-order valence-corrected chi connectivity index (χ3v) is 4.90. The number of unbranched alkanes of at least 4 members (excludes halogenated alkanes) is 3. The van der Waals surface area contributed by atoms with E-state index in [9.17, 15) is 4.79 Å². The van der Waals surface area contributed by atoms with Crippen LogP contribution in [0.15, 0.2) is 11.0 Å². The van der Waals surface area contributed by atoms with Crippen molar-refractivity contribution in [1.29, 1.82) is 0 Å². The smallest absolute Gasteiger partial charge is 0.351 e. The summed E-state index contributed by atoms with van der Waals surface area (Å²) >= 11 is 0. The lowest BCUT2D eigenvalue weighted by molar-refractivity contribution is -0.0301. The van der Waals surface area contributed by atoms with Gasteiger partial charge in [-0.2, -0.15) is 4.98 Å². The Bertz CT molecular complexity index is 593. The summed E-state index contributed by atoms with van der Waals surface area (Å²) in [6, 6.07) is 0. The highest BCUT2D eigenvalue weighted by atomic mass is 16.6. The minimum atomic E-state index is -0.307. The Balaban J connectivity index is 1.91. The van der Waals surface area contributed by atoms with Crippen LogP contribution in [0.25, 0.3) is 0 Å². The van der Waals surface area contributed by atoms with Gasteiger partial charge in [0.15, 0.2) is 0 Å². The molecule has 148 valence electrons. The van der Waals surface area contributed by atoms with Crippen molar-refractivity contribution in [2.24, 2.45) is 0 Å². The number of aryl methyl sites for hydroxylation is 1. The molecule has 7 nitrogen and oxygen atoms in total. The highest BCUT2D eigenvalue weighted by molar-refractivity contribution is 5.41. The lowest BCUT2D eigenvalue weighted by atomic mass is 10.1. The van der Waals surface area contributed by atoms with Crippen molar-refractivity contribution in [3.63, 3.8) is 0 Å². The largest absolute Gasteiger partial charge is 0.385 e. The van der Waals surface area contributed by atoms with E-state index >= 15 is 0 Å². The van der Waals surface area contributed by atoms with E-state index in [1.54, 1.807) is 18.8 Å². The summed E-state index contributed by atoms with van der Waals surface area (Å²) in [4.78, 5) is 16.7. The molecule has 2 rings (SSSR count). The zero-order chi connectivity index (χ0) is 18.9. The van der Waals surface area contributed by atoms with E-state index in [4.69, 9.17) is 14.2 Å². The first-order valence-electron chi connectivity index (χ1n) is 9.61. The minimum absolute atomic E-state index is 0.0214. The maximum absolute atomic E-state index is 12.5. The maximum atomic E-state index is 12.5. The second-order valence-corrected chi connectivity index (χ2v) is 6.84. The number of hydrogen-bond acceptors (Lipinski definition) is 6. The lowest BCUT2D eigenvalue weighted by Crippen LogP contribution is -2.28. The van der Waals surface area contributed by atoms with Gasteiger partial charge in [-0.25, -0.2) is 4.79 Å². The molecule has 0 radical (unpaired) electrons. The molecule has 3 atom stereocenters. The predicted molar refractivity (Wildman–Crippen MR) is 102 cm³/mol. The number of aromatic nitrogens is 2. The summed E-state index contributed by atoms with van der Waals surface area (Å²) in [5.74, 6) is 0.663. The molecule has 1 fully saturated rings. The average molecular weight is 367 g/mol. The van der Waals surface area contributed by atoms with E-state index in [0.29, 0.717) is 12.2 Å². The molecular formula is C19H33N3O4. The molecule has 2 heterocycles. The molecule has 0 spiro atoms. The molecule has 26 heavy (non-hydrogen) atoms. The molecule has 0 aromatic carbocycles. The van der Waals surface area contributed by atoms with Crippen molar-refractivity contribution < 1.29 is 14.2 Å². The second kappa shape index (κ2) is 10.6. The fraction of sp³-hybridized carbons (Fsp3) is 0.789. The number of ether oxygens (including phenoxy) is 3. The minimum Gasteiger partial charge on any atom is -0.385 e. The van der Waals surface area contributed by atoms with Crippen molar-refractivity contribution in [3.8, 4) is 0 Å². The first-order valence-corrected chi connectivity index (χ1v) is 9.61. The summed E-state index contributed by atoms with van der Waals surface area (Å²) in [5, 5.41) is 3.28. The van der Waals surface area contributed by atoms with Crippen LogP contribution < -0.4 is 11.0 Å². The van der Waals surface area contributed by atoms with Gasteiger partial charge in [-0.15, -0.1) is 0 Å². The van der Waals surface area contributed by atoms with E-state index in [1.165, 1.54) is 0 Å². The van der Waals surface area contributed by atoms with Gasteiger partial charge in [0.2, 0.25) is 0 Å². The first-order chi connectivity index (χ1) is 12.6. The SMILES string of the molecule is CCC1OC(n2cc(C)c(NCCCCCCOC)nc2=O)CC1OC. The standard InChI is InChI=1S/C19H33N3O4/c1-5-15-16(25-4)12-17(26-15)22-13-14(2)18(21-19(22)23)20-10-8-6-7-9-11-24-3/h13,15-17H,5-12H2,1-4H3,(H,20,21,23). The highest BCUT2D eigenvalue weighted by Gasteiger charge is 2.35. The molecule has 1 aromatic rings. The molecule has 1 aliphatic rings. The Morgan fingerprint density at radius 2 is 2.08 bits per heavy atom. The number of methoxy groups -OCH3 is 2. The average Bonchev–Trinajstić information content (AvgIpc) is 3.06. The Morgan fingerprint density at radius 3 is 2.73 bits per heavy atom. The number of hydrogen-bond donors (Lipinski definition) is 1. The van der Waals surface area contributed by atoms with Crippen LogP contribution in [0, 0.1) is 6.92 Å². The Hall–Kier alpha value is -1.44. The fourth-order valence-electron chi connectivity index (χ4n) is 3.37. The molecular weight excluding hydrogens is 334 g/mol. The fourth-order valence-corrected chi connectivity index (χ4v) is 3.37. The Morgan fingerprint density at radius 1 is 1.31 bits per heavy atom. The van der Waals surface area contributed by atoms with E-state index in [1.807, 2.05) is 13.1 Å². The van der Waals surface area contributed by atoms with E-state index in [2.05, 4.69) is 17.2 Å². The Kier molecular flexibility index (Phi) is 8.54. The summed E-state index contributed by atoms with van der Waals surface area (Å²) in [7, 11) is 3.42. The molecule has 1 aliphatic heterocycles. The van der Waals surface area contributed by atoms with Gasteiger partial charge in [0.1, 0.15) is 12.0 Å². The molecule has 0 aliphatic carbocycles. The van der Waals surface area contributed by atoms with E-state index in [0.717, 1.165) is 50.8 Å². The molecule has 1 saturated heterocycles. The summed E-state index contributed by atoms with van der Waals surface area (Å²) < 4.78 is 18.1.